The Bertz CT molecular complexity index is 530. The van der Waals surface area contributed by atoms with Crippen LogP contribution in [0, 0.1) is 6.92 Å². The van der Waals surface area contributed by atoms with E-state index in [0.29, 0.717) is 12.5 Å². The lowest BCUT2D eigenvalue weighted by atomic mass is 10.00. The molecule has 0 aliphatic rings. The van der Waals surface area contributed by atoms with Gasteiger partial charge in [0.2, 0.25) is 0 Å². The number of aliphatic hydroxyl groups is 1. The fraction of sp³-hybridized carbons (Fsp3) is 0.412. The molecule has 2 N–H and O–H groups in total. The maximum Gasteiger partial charge on any atom is 0.0914 e. The summed E-state index contributed by atoms with van der Waals surface area (Å²) in [4.78, 5) is 1.34. The van der Waals surface area contributed by atoms with Crippen LogP contribution in [0.25, 0.3) is 0 Å². The smallest absolute Gasteiger partial charge is 0.0914 e. The van der Waals surface area contributed by atoms with Gasteiger partial charge in [-0.3, -0.25) is 0 Å². The van der Waals surface area contributed by atoms with Crippen molar-refractivity contribution in [1.29, 1.82) is 0 Å². The Balaban J connectivity index is 1.85. The zero-order valence-electron chi connectivity index (χ0n) is 12.4. The van der Waals surface area contributed by atoms with Gasteiger partial charge in [-0.05, 0) is 41.0 Å². The first-order valence-electron chi connectivity index (χ1n) is 7.09. The molecular formula is C17H23NOS. The minimum Gasteiger partial charge on any atom is -0.387 e. The van der Waals surface area contributed by atoms with Gasteiger partial charge in [-0.15, -0.1) is 11.3 Å². The van der Waals surface area contributed by atoms with Crippen LogP contribution in [-0.4, -0.2) is 11.7 Å². The quantitative estimate of drug-likeness (QED) is 0.842. The zero-order chi connectivity index (χ0) is 14.5. The molecule has 1 unspecified atom stereocenters. The number of rotatable bonds is 6. The van der Waals surface area contributed by atoms with Gasteiger partial charge in [-0.25, -0.2) is 0 Å². The second-order valence-electron chi connectivity index (χ2n) is 5.49. The molecule has 0 radical (unpaired) electrons. The third-order valence-corrected chi connectivity index (χ3v) is 4.60. The van der Waals surface area contributed by atoms with Gasteiger partial charge in [0.05, 0.1) is 6.10 Å². The minimum absolute atomic E-state index is 0.448. The van der Waals surface area contributed by atoms with Crippen molar-refractivity contribution >= 4 is 11.3 Å². The Morgan fingerprint density at radius 2 is 1.75 bits per heavy atom. The van der Waals surface area contributed by atoms with Crippen LogP contribution in [0.1, 0.15) is 47.4 Å². The van der Waals surface area contributed by atoms with Crippen molar-refractivity contribution < 1.29 is 5.11 Å². The zero-order valence-corrected chi connectivity index (χ0v) is 13.2. The number of aryl methyl sites for hydroxylation is 1. The van der Waals surface area contributed by atoms with Crippen molar-refractivity contribution in [2.75, 3.05) is 6.54 Å². The lowest BCUT2D eigenvalue weighted by Gasteiger charge is -2.13. The number of aliphatic hydroxyl groups excluding tert-OH is 1. The van der Waals surface area contributed by atoms with Gasteiger partial charge in [0.1, 0.15) is 0 Å². The highest BCUT2D eigenvalue weighted by molar-refractivity contribution is 7.10. The van der Waals surface area contributed by atoms with E-state index >= 15 is 0 Å². The van der Waals surface area contributed by atoms with Crippen LogP contribution in [-0.2, 0) is 6.54 Å². The Labute approximate surface area is 125 Å². The van der Waals surface area contributed by atoms with Crippen LogP contribution >= 0.6 is 11.3 Å². The summed E-state index contributed by atoms with van der Waals surface area (Å²) in [5.74, 6) is 0.529. The van der Waals surface area contributed by atoms with Gasteiger partial charge in [0.25, 0.3) is 0 Å². The summed E-state index contributed by atoms with van der Waals surface area (Å²) in [5.41, 5.74) is 3.60. The highest BCUT2D eigenvalue weighted by atomic mass is 32.1. The molecule has 0 aliphatic heterocycles. The highest BCUT2D eigenvalue weighted by Crippen LogP contribution is 2.19. The highest BCUT2D eigenvalue weighted by Gasteiger charge is 2.08. The average molecular weight is 289 g/mol. The van der Waals surface area contributed by atoms with Gasteiger partial charge in [0.15, 0.2) is 0 Å². The average Bonchev–Trinajstić information content (AvgIpc) is 2.84. The molecule has 20 heavy (non-hydrogen) atoms. The molecular weight excluding hydrogens is 266 g/mol. The third kappa shape index (κ3) is 3.92. The van der Waals surface area contributed by atoms with Crippen molar-refractivity contribution in [3.05, 3.63) is 57.3 Å². The lowest BCUT2D eigenvalue weighted by molar-refractivity contribution is 0.174. The van der Waals surface area contributed by atoms with Crippen molar-refractivity contribution in [2.45, 2.75) is 39.3 Å². The van der Waals surface area contributed by atoms with Crippen molar-refractivity contribution in [2.24, 2.45) is 0 Å². The van der Waals surface area contributed by atoms with Crippen LogP contribution in [0.2, 0.25) is 0 Å². The number of thiophene rings is 1. The molecule has 2 rings (SSSR count). The molecule has 1 atom stereocenters. The molecule has 2 aromatic rings. The third-order valence-electron chi connectivity index (χ3n) is 3.58. The van der Waals surface area contributed by atoms with Crippen LogP contribution in [0.15, 0.2) is 35.7 Å². The van der Waals surface area contributed by atoms with Gasteiger partial charge < -0.3 is 10.4 Å². The van der Waals surface area contributed by atoms with E-state index in [1.807, 2.05) is 12.1 Å². The molecule has 1 aromatic heterocycles. The van der Waals surface area contributed by atoms with E-state index in [2.05, 4.69) is 49.7 Å². The summed E-state index contributed by atoms with van der Waals surface area (Å²) in [6.45, 7) is 7.88. The molecule has 0 amide bonds. The Morgan fingerprint density at radius 3 is 2.30 bits per heavy atom. The maximum absolute atomic E-state index is 10.2. The Morgan fingerprint density at radius 1 is 1.10 bits per heavy atom. The second-order valence-corrected chi connectivity index (χ2v) is 6.50. The summed E-state index contributed by atoms with van der Waals surface area (Å²) < 4.78 is 0. The first kappa shape index (κ1) is 15.2. The van der Waals surface area contributed by atoms with E-state index in [1.54, 1.807) is 11.3 Å². The summed E-state index contributed by atoms with van der Waals surface area (Å²) >= 11 is 1.76. The van der Waals surface area contributed by atoms with Gasteiger partial charge in [0, 0.05) is 18.0 Å². The molecule has 0 bridgehead atoms. The molecule has 0 saturated carbocycles. The van der Waals surface area contributed by atoms with Gasteiger partial charge >= 0.3 is 0 Å². The largest absolute Gasteiger partial charge is 0.387 e. The predicted octanol–water partition coefficient (Wildman–Crippen LogP) is 4.00. The number of benzene rings is 1. The van der Waals surface area contributed by atoms with E-state index < -0.39 is 6.10 Å². The summed E-state index contributed by atoms with van der Waals surface area (Å²) in [5, 5.41) is 15.6. The van der Waals surface area contributed by atoms with E-state index in [-0.39, 0.29) is 0 Å². The summed E-state index contributed by atoms with van der Waals surface area (Å²) in [7, 11) is 0. The van der Waals surface area contributed by atoms with Crippen molar-refractivity contribution in [3.8, 4) is 0 Å². The van der Waals surface area contributed by atoms with E-state index in [9.17, 15) is 5.11 Å². The van der Waals surface area contributed by atoms with E-state index in [0.717, 1.165) is 12.1 Å². The Kier molecular flexibility index (Phi) is 5.35. The number of hydrogen-bond acceptors (Lipinski definition) is 3. The van der Waals surface area contributed by atoms with Crippen LogP contribution < -0.4 is 5.32 Å². The molecule has 108 valence electrons. The molecule has 1 heterocycles. The first-order chi connectivity index (χ1) is 9.58. The van der Waals surface area contributed by atoms with E-state index in [1.165, 1.54) is 16.0 Å². The topological polar surface area (TPSA) is 32.3 Å². The molecule has 1 aromatic carbocycles. The molecule has 3 heteroatoms. The van der Waals surface area contributed by atoms with Crippen LogP contribution in [0.5, 0.6) is 0 Å². The van der Waals surface area contributed by atoms with Crippen molar-refractivity contribution in [3.63, 3.8) is 0 Å². The molecule has 0 spiro atoms. The van der Waals surface area contributed by atoms with Gasteiger partial charge in [-0.1, -0.05) is 38.1 Å². The standard InChI is InChI=1S/C17H23NOS/c1-12(2)14-4-6-15(7-5-14)16(19)10-18-11-17-13(3)8-9-20-17/h4-9,12,16,18-19H,10-11H2,1-3H3. The summed E-state index contributed by atoms with van der Waals surface area (Å²) in [6, 6.07) is 10.4. The monoisotopic (exact) mass is 289 g/mol. The van der Waals surface area contributed by atoms with Crippen LogP contribution in [0.3, 0.4) is 0 Å². The SMILES string of the molecule is Cc1ccsc1CNCC(O)c1ccc(C(C)C)cc1. The fourth-order valence-electron chi connectivity index (χ4n) is 2.13. The first-order valence-corrected chi connectivity index (χ1v) is 7.97. The van der Waals surface area contributed by atoms with Crippen molar-refractivity contribution in [1.82, 2.24) is 5.32 Å². The Hall–Kier alpha value is -1.16. The molecule has 0 saturated heterocycles. The molecule has 2 nitrogen and oxygen atoms in total. The van der Waals surface area contributed by atoms with E-state index in [4.69, 9.17) is 0 Å². The molecule has 0 aliphatic carbocycles. The van der Waals surface area contributed by atoms with Crippen LogP contribution in [0.4, 0.5) is 0 Å². The predicted molar refractivity (Wildman–Crippen MR) is 86.3 cm³/mol. The summed E-state index contributed by atoms with van der Waals surface area (Å²) in [6.07, 6.45) is -0.448. The second kappa shape index (κ2) is 7.02. The minimum atomic E-state index is -0.448. The normalized spacial score (nSPS) is 12.8. The molecule has 0 fully saturated rings. The fourth-order valence-corrected chi connectivity index (χ4v) is 3.00. The maximum atomic E-state index is 10.2. The lowest BCUT2D eigenvalue weighted by Crippen LogP contribution is -2.20. The number of nitrogens with one attached hydrogen (secondary N) is 1. The van der Waals surface area contributed by atoms with Gasteiger partial charge in [-0.2, -0.15) is 0 Å². The number of hydrogen-bond donors (Lipinski definition) is 2.